The summed E-state index contributed by atoms with van der Waals surface area (Å²) in [5, 5.41) is 8.78. The predicted octanol–water partition coefficient (Wildman–Crippen LogP) is 1.35. The van der Waals surface area contributed by atoms with E-state index in [0.717, 1.165) is 0 Å². The predicted molar refractivity (Wildman–Crippen MR) is 62.2 cm³/mol. The average molecular weight is 327 g/mol. The number of carboxylic acid groups (broad SMARTS) is 1. The van der Waals surface area contributed by atoms with Gasteiger partial charge in [-0.3, -0.25) is 4.79 Å². The lowest BCUT2D eigenvalue weighted by molar-refractivity contribution is -0.153. The molecule has 0 aromatic carbocycles. The van der Waals surface area contributed by atoms with Gasteiger partial charge in [-0.2, -0.15) is 0 Å². The average Bonchev–Trinajstić information content (AvgIpc) is 2.27. The van der Waals surface area contributed by atoms with Crippen LogP contribution in [0, 0.1) is 5.41 Å². The second kappa shape index (κ2) is 5.00. The number of nitrogens with zero attached hydrogens (tertiary/aromatic N) is 1. The number of carbonyl (C=O) groups is 2. The quantitative estimate of drug-likeness (QED) is 0.472. The Balaban J connectivity index is 2.66. The summed E-state index contributed by atoms with van der Waals surface area (Å²) in [6.07, 6.45) is 0.186. The van der Waals surface area contributed by atoms with Crippen LogP contribution in [0.3, 0.4) is 0 Å². The summed E-state index contributed by atoms with van der Waals surface area (Å²) in [6.45, 7) is 0.820. The number of piperidine rings is 1. The minimum atomic E-state index is -0.915. The molecule has 86 valence electrons. The van der Waals surface area contributed by atoms with Crippen LogP contribution in [0.1, 0.15) is 12.8 Å². The monoisotopic (exact) mass is 327 g/mol. The fraction of sp³-hybridized carbons (Fsp3) is 0.778. The minimum absolute atomic E-state index is 0.220. The number of alkyl halides is 1. The Morgan fingerprint density at radius 3 is 2.33 bits per heavy atom. The molecular weight excluding hydrogens is 313 g/mol. The van der Waals surface area contributed by atoms with Gasteiger partial charge >= 0.3 is 12.1 Å². The Morgan fingerprint density at radius 2 is 2.00 bits per heavy atom. The van der Waals surface area contributed by atoms with E-state index < -0.39 is 11.5 Å². The second-order valence-electron chi connectivity index (χ2n) is 3.68. The van der Waals surface area contributed by atoms with Crippen molar-refractivity contribution in [2.24, 2.45) is 5.41 Å². The summed E-state index contributed by atoms with van der Waals surface area (Å²) in [6, 6.07) is 0. The van der Waals surface area contributed by atoms with Gasteiger partial charge in [0.1, 0.15) is 0 Å². The third-order valence-electron chi connectivity index (χ3n) is 2.87. The van der Waals surface area contributed by atoms with Crippen molar-refractivity contribution < 1.29 is 19.4 Å². The van der Waals surface area contributed by atoms with Gasteiger partial charge < -0.3 is 14.7 Å². The summed E-state index contributed by atoms with van der Waals surface area (Å²) >= 11 is 2.16. The summed E-state index contributed by atoms with van der Waals surface area (Å²) in [5.74, 6) is -0.220. The van der Waals surface area contributed by atoms with Crippen molar-refractivity contribution in [1.82, 2.24) is 4.90 Å². The van der Waals surface area contributed by atoms with Crippen molar-refractivity contribution in [3.8, 4) is 0 Å². The number of likely N-dealkylation sites (tertiary alicyclic amines) is 1. The third kappa shape index (κ3) is 2.53. The normalized spacial score (nSPS) is 19.7. The lowest BCUT2D eigenvalue weighted by Crippen LogP contribution is -2.47. The molecule has 0 aromatic heterocycles. The van der Waals surface area contributed by atoms with Gasteiger partial charge in [-0.1, -0.05) is 22.6 Å². The maximum Gasteiger partial charge on any atom is 0.407 e. The van der Waals surface area contributed by atoms with E-state index in [4.69, 9.17) is 9.84 Å². The number of rotatable bonds is 2. The lowest BCUT2D eigenvalue weighted by Gasteiger charge is -2.37. The molecule has 15 heavy (non-hydrogen) atoms. The molecule has 1 rings (SSSR count). The van der Waals surface area contributed by atoms with Crippen molar-refractivity contribution in [3.63, 3.8) is 0 Å². The van der Waals surface area contributed by atoms with Crippen LogP contribution in [0.25, 0.3) is 0 Å². The molecule has 1 saturated heterocycles. The molecule has 0 unspecified atom stereocenters. The van der Waals surface area contributed by atoms with E-state index in [1.165, 1.54) is 12.0 Å². The molecular formula is C9H14INO4. The molecule has 0 bridgehead atoms. The maximum atomic E-state index is 11.6. The Bertz CT molecular complexity index is 261. The molecule has 1 heterocycles. The number of methoxy groups -OCH3 is 1. The first-order valence-corrected chi connectivity index (χ1v) is 6.20. The van der Waals surface area contributed by atoms with E-state index in [0.29, 0.717) is 30.4 Å². The standard InChI is InChI=1S/C9H14INO4/c1-15-7(12)9(6-10)2-4-11(5-3-9)8(13)14/h2-6H2,1H3,(H,13,14). The largest absolute Gasteiger partial charge is 0.469 e. The molecule has 6 heteroatoms. The van der Waals surface area contributed by atoms with Gasteiger partial charge in [0.25, 0.3) is 0 Å². The molecule has 0 radical (unpaired) electrons. The van der Waals surface area contributed by atoms with Crippen molar-refractivity contribution in [1.29, 1.82) is 0 Å². The lowest BCUT2D eigenvalue weighted by atomic mass is 9.80. The first kappa shape index (κ1) is 12.5. The first-order valence-electron chi connectivity index (χ1n) is 4.68. The van der Waals surface area contributed by atoms with E-state index in [1.807, 2.05) is 0 Å². The highest BCUT2D eigenvalue weighted by atomic mass is 127. The van der Waals surface area contributed by atoms with Gasteiger partial charge in [-0.05, 0) is 12.8 Å². The Kier molecular flexibility index (Phi) is 4.18. The highest BCUT2D eigenvalue weighted by Crippen LogP contribution is 2.34. The van der Waals surface area contributed by atoms with E-state index in [-0.39, 0.29) is 5.97 Å². The van der Waals surface area contributed by atoms with Gasteiger partial charge in [-0.15, -0.1) is 0 Å². The fourth-order valence-corrected chi connectivity index (χ4v) is 2.81. The highest BCUT2D eigenvalue weighted by molar-refractivity contribution is 14.1. The zero-order chi connectivity index (χ0) is 11.5. The zero-order valence-corrected chi connectivity index (χ0v) is 10.7. The summed E-state index contributed by atoms with van der Waals surface area (Å²) in [7, 11) is 1.37. The third-order valence-corrected chi connectivity index (χ3v) is 4.33. The second-order valence-corrected chi connectivity index (χ2v) is 4.44. The number of carbonyl (C=O) groups excluding carboxylic acids is 1. The number of ether oxygens (including phenoxy) is 1. The van der Waals surface area contributed by atoms with Gasteiger partial charge in [-0.25, -0.2) is 4.79 Å². The van der Waals surface area contributed by atoms with Crippen LogP contribution < -0.4 is 0 Å². The van der Waals surface area contributed by atoms with Crippen molar-refractivity contribution in [2.45, 2.75) is 12.8 Å². The van der Waals surface area contributed by atoms with Crippen LogP contribution in [0.4, 0.5) is 4.79 Å². The van der Waals surface area contributed by atoms with E-state index in [1.54, 1.807) is 0 Å². The highest BCUT2D eigenvalue weighted by Gasteiger charge is 2.42. The number of hydrogen-bond donors (Lipinski definition) is 1. The molecule has 1 N–H and O–H groups in total. The number of amides is 1. The molecule has 1 fully saturated rings. The Hall–Kier alpha value is -0.530. The molecule has 1 amide bonds. The molecule has 0 aliphatic carbocycles. The van der Waals surface area contributed by atoms with Crippen molar-refractivity contribution in [3.05, 3.63) is 0 Å². The van der Waals surface area contributed by atoms with Gasteiger partial charge in [0, 0.05) is 17.5 Å². The van der Waals surface area contributed by atoms with E-state index >= 15 is 0 Å². The van der Waals surface area contributed by atoms with Gasteiger partial charge in [0.2, 0.25) is 0 Å². The first-order chi connectivity index (χ1) is 7.05. The smallest absolute Gasteiger partial charge is 0.407 e. The number of halogens is 1. The van der Waals surface area contributed by atoms with Crippen LogP contribution in [-0.2, 0) is 9.53 Å². The van der Waals surface area contributed by atoms with Crippen LogP contribution >= 0.6 is 22.6 Å². The van der Waals surface area contributed by atoms with Crippen molar-refractivity contribution >= 4 is 34.7 Å². The fourth-order valence-electron chi connectivity index (χ4n) is 1.73. The molecule has 1 aliphatic heterocycles. The van der Waals surface area contributed by atoms with Gasteiger partial charge in [0.15, 0.2) is 0 Å². The van der Waals surface area contributed by atoms with E-state index in [9.17, 15) is 9.59 Å². The van der Waals surface area contributed by atoms with Gasteiger partial charge in [0.05, 0.1) is 12.5 Å². The molecule has 1 aliphatic rings. The molecule has 0 atom stereocenters. The summed E-state index contributed by atoms with van der Waals surface area (Å²) in [5.41, 5.74) is -0.485. The minimum Gasteiger partial charge on any atom is -0.469 e. The van der Waals surface area contributed by atoms with Crippen LogP contribution in [-0.4, -0.2) is 46.7 Å². The summed E-state index contributed by atoms with van der Waals surface area (Å²) in [4.78, 5) is 23.6. The number of esters is 1. The topological polar surface area (TPSA) is 66.8 Å². The van der Waals surface area contributed by atoms with Crippen LogP contribution in [0.2, 0.25) is 0 Å². The Morgan fingerprint density at radius 1 is 1.47 bits per heavy atom. The maximum absolute atomic E-state index is 11.6. The molecule has 0 spiro atoms. The molecule has 0 aromatic rings. The number of hydrogen-bond acceptors (Lipinski definition) is 3. The van der Waals surface area contributed by atoms with Crippen molar-refractivity contribution in [2.75, 3.05) is 24.6 Å². The molecule has 5 nitrogen and oxygen atoms in total. The van der Waals surface area contributed by atoms with Crippen LogP contribution in [0.5, 0.6) is 0 Å². The van der Waals surface area contributed by atoms with Crippen LogP contribution in [0.15, 0.2) is 0 Å². The summed E-state index contributed by atoms with van der Waals surface area (Å²) < 4.78 is 5.44. The molecule has 0 saturated carbocycles. The van der Waals surface area contributed by atoms with E-state index in [2.05, 4.69) is 22.6 Å². The zero-order valence-electron chi connectivity index (χ0n) is 8.53. The Labute approximate surface area is 102 Å². The SMILES string of the molecule is COC(=O)C1(CI)CCN(C(=O)O)CC1.